The lowest BCUT2D eigenvalue weighted by Crippen LogP contribution is -2.57. The molecule has 35 heavy (non-hydrogen) atoms. The van der Waals surface area contributed by atoms with Gasteiger partial charge in [-0.05, 0) is 25.0 Å². The predicted molar refractivity (Wildman–Crippen MR) is 126 cm³/mol. The van der Waals surface area contributed by atoms with Gasteiger partial charge in [-0.2, -0.15) is 0 Å². The van der Waals surface area contributed by atoms with Crippen molar-refractivity contribution < 1.29 is 29.3 Å². The molecule has 3 fully saturated rings. The van der Waals surface area contributed by atoms with Crippen LogP contribution in [0, 0.1) is 11.8 Å². The first-order chi connectivity index (χ1) is 16.8. The number of aliphatic carboxylic acids is 1. The number of carboxylic acids is 1. The Kier molecular flexibility index (Phi) is 6.14. The number of aliphatic hydroxyl groups excluding tert-OH is 1. The maximum atomic E-state index is 14.1. The van der Waals surface area contributed by atoms with E-state index in [2.05, 4.69) is 32.8 Å². The van der Waals surface area contributed by atoms with Gasteiger partial charge in [-0.3, -0.25) is 14.4 Å². The number of rotatable bonds is 9. The van der Waals surface area contributed by atoms with Crippen LogP contribution in [0.3, 0.4) is 0 Å². The minimum absolute atomic E-state index is 0.0637. The minimum Gasteiger partial charge on any atom is -0.481 e. The average Bonchev–Trinajstić information content (AvgIpc) is 3.54. The van der Waals surface area contributed by atoms with E-state index in [1.54, 1.807) is 10.8 Å². The molecule has 6 atom stereocenters. The molecule has 2 bridgehead atoms. The maximum Gasteiger partial charge on any atom is 0.310 e. The SMILES string of the molecule is C=CCN(Cn1nnc2ccccc21)C(=O)C1N(CCCO)C(=O)[C@@H]2[C@H](C(=O)O)[C@H]3OC12CC3Br. The molecule has 0 radical (unpaired) electrons. The Morgan fingerprint density at radius 1 is 1.37 bits per heavy atom. The third-order valence-corrected chi connectivity index (χ3v) is 8.10. The summed E-state index contributed by atoms with van der Waals surface area (Å²) < 4.78 is 7.86. The van der Waals surface area contributed by atoms with Crippen LogP contribution in [0.15, 0.2) is 36.9 Å². The van der Waals surface area contributed by atoms with Crippen LogP contribution in [0.2, 0.25) is 0 Å². The Balaban J connectivity index is 1.53. The van der Waals surface area contributed by atoms with Crippen molar-refractivity contribution in [3.8, 4) is 0 Å². The number of carbonyl (C=O) groups excluding carboxylic acids is 2. The molecule has 1 aromatic heterocycles. The van der Waals surface area contributed by atoms with E-state index in [-0.39, 0.29) is 43.5 Å². The van der Waals surface area contributed by atoms with E-state index in [4.69, 9.17) is 4.74 Å². The van der Waals surface area contributed by atoms with E-state index in [1.807, 2.05) is 24.3 Å². The number of hydrogen-bond acceptors (Lipinski definition) is 7. The molecule has 5 rings (SSSR count). The lowest BCUT2D eigenvalue weighted by molar-refractivity contribution is -0.151. The molecule has 1 spiro atoms. The normalized spacial score (nSPS) is 31.2. The number of alkyl halides is 1. The van der Waals surface area contributed by atoms with Crippen LogP contribution in [-0.2, 0) is 25.8 Å². The Labute approximate surface area is 209 Å². The van der Waals surface area contributed by atoms with Gasteiger partial charge >= 0.3 is 5.97 Å². The van der Waals surface area contributed by atoms with Gasteiger partial charge in [0, 0.05) is 24.5 Å². The largest absolute Gasteiger partial charge is 0.481 e. The van der Waals surface area contributed by atoms with Gasteiger partial charge in [-0.25, -0.2) is 4.68 Å². The standard InChI is InChI=1S/C23H26BrN5O6/c1-2-8-27(12-29-15-7-4-3-6-14(15)25-26-29)21(32)19-23-11-13(24)18(35-23)16(22(33)34)17(23)20(31)28(19)9-5-10-30/h2-4,6-7,13,16-19,30H,1,5,8-12H2,(H,33,34)/t13?,16-,17-,18-,19?,23?/m0/s1. The Morgan fingerprint density at radius 2 is 2.14 bits per heavy atom. The molecule has 3 saturated heterocycles. The van der Waals surface area contributed by atoms with E-state index >= 15 is 0 Å². The van der Waals surface area contributed by atoms with Gasteiger partial charge in [-0.1, -0.05) is 39.4 Å². The number of fused-ring (bicyclic) bond motifs is 2. The van der Waals surface area contributed by atoms with E-state index in [0.717, 1.165) is 5.52 Å². The lowest BCUT2D eigenvalue weighted by Gasteiger charge is -2.36. The number of ether oxygens (including phenoxy) is 1. The quantitative estimate of drug-likeness (QED) is 0.344. The monoisotopic (exact) mass is 547 g/mol. The first kappa shape index (κ1) is 23.9. The van der Waals surface area contributed by atoms with Crippen LogP contribution in [-0.4, -0.2) is 95.1 Å². The lowest BCUT2D eigenvalue weighted by atomic mass is 9.70. The summed E-state index contributed by atoms with van der Waals surface area (Å²) in [5.41, 5.74) is 0.159. The van der Waals surface area contributed by atoms with Crippen molar-refractivity contribution >= 4 is 44.7 Å². The summed E-state index contributed by atoms with van der Waals surface area (Å²) >= 11 is 3.53. The van der Waals surface area contributed by atoms with Gasteiger partial charge in [0.15, 0.2) is 0 Å². The van der Waals surface area contributed by atoms with Gasteiger partial charge in [0.1, 0.15) is 23.8 Å². The summed E-state index contributed by atoms with van der Waals surface area (Å²) in [6.07, 6.45) is 1.47. The van der Waals surface area contributed by atoms with Gasteiger partial charge in [-0.15, -0.1) is 11.7 Å². The molecule has 0 saturated carbocycles. The molecule has 0 aliphatic carbocycles. The van der Waals surface area contributed by atoms with Gasteiger partial charge < -0.3 is 24.7 Å². The van der Waals surface area contributed by atoms with Gasteiger partial charge in [0.2, 0.25) is 11.8 Å². The van der Waals surface area contributed by atoms with Crippen molar-refractivity contribution in [3.05, 3.63) is 36.9 Å². The zero-order chi connectivity index (χ0) is 24.9. The number of likely N-dealkylation sites (tertiary alicyclic amines) is 1. The number of nitrogens with zero attached hydrogens (tertiary/aromatic N) is 5. The highest BCUT2D eigenvalue weighted by Gasteiger charge is 2.76. The summed E-state index contributed by atoms with van der Waals surface area (Å²) in [5, 5.41) is 27.7. The van der Waals surface area contributed by atoms with Gasteiger partial charge in [0.25, 0.3) is 0 Å². The minimum atomic E-state index is -1.27. The van der Waals surface area contributed by atoms with Crippen molar-refractivity contribution in [1.82, 2.24) is 24.8 Å². The number of amides is 2. The summed E-state index contributed by atoms with van der Waals surface area (Å²) in [6.45, 7) is 3.96. The summed E-state index contributed by atoms with van der Waals surface area (Å²) in [7, 11) is 0. The Morgan fingerprint density at radius 3 is 2.86 bits per heavy atom. The zero-order valence-corrected chi connectivity index (χ0v) is 20.5. The second-order valence-corrected chi connectivity index (χ2v) is 10.4. The molecule has 11 nitrogen and oxygen atoms in total. The molecule has 3 unspecified atom stereocenters. The summed E-state index contributed by atoms with van der Waals surface area (Å²) in [4.78, 5) is 42.5. The number of hydrogen-bond donors (Lipinski definition) is 2. The molecule has 2 amide bonds. The topological polar surface area (TPSA) is 138 Å². The van der Waals surface area contributed by atoms with Crippen LogP contribution in [0.4, 0.5) is 0 Å². The number of benzene rings is 1. The van der Waals surface area contributed by atoms with Crippen molar-refractivity contribution in [2.45, 2.75) is 42.1 Å². The molecular formula is C23H26BrN5O6. The predicted octanol–water partition coefficient (Wildman–Crippen LogP) is 0.618. The van der Waals surface area contributed by atoms with Crippen LogP contribution < -0.4 is 0 Å². The zero-order valence-electron chi connectivity index (χ0n) is 18.9. The molecule has 12 heteroatoms. The summed E-state index contributed by atoms with van der Waals surface area (Å²) in [6, 6.07) is 6.34. The van der Waals surface area contributed by atoms with E-state index in [1.165, 1.54) is 9.80 Å². The van der Waals surface area contributed by atoms with Crippen molar-refractivity contribution in [1.29, 1.82) is 0 Å². The van der Waals surface area contributed by atoms with Crippen molar-refractivity contribution in [2.75, 3.05) is 19.7 Å². The molecule has 2 aromatic rings. The number of aromatic nitrogens is 3. The maximum absolute atomic E-state index is 14.1. The number of aliphatic hydroxyl groups is 1. The highest BCUT2D eigenvalue weighted by Crippen LogP contribution is 2.60. The average molecular weight is 548 g/mol. The molecule has 1 aromatic carbocycles. The van der Waals surface area contributed by atoms with Crippen LogP contribution >= 0.6 is 15.9 Å². The van der Waals surface area contributed by atoms with E-state index < -0.39 is 41.5 Å². The molecule has 2 N–H and O–H groups in total. The third kappa shape index (κ3) is 3.57. The number of halogens is 1. The number of carbonyl (C=O) groups is 3. The highest BCUT2D eigenvalue weighted by atomic mass is 79.9. The molecular weight excluding hydrogens is 522 g/mol. The highest BCUT2D eigenvalue weighted by molar-refractivity contribution is 9.09. The Hall–Kier alpha value is -2.83. The number of para-hydroxylation sites is 1. The molecule has 4 heterocycles. The van der Waals surface area contributed by atoms with E-state index in [0.29, 0.717) is 11.9 Å². The molecule has 186 valence electrons. The molecule has 3 aliphatic rings. The smallest absolute Gasteiger partial charge is 0.310 e. The van der Waals surface area contributed by atoms with Crippen LogP contribution in [0.5, 0.6) is 0 Å². The first-order valence-corrected chi connectivity index (χ1v) is 12.4. The van der Waals surface area contributed by atoms with Crippen molar-refractivity contribution in [3.63, 3.8) is 0 Å². The fraction of sp³-hybridized carbons (Fsp3) is 0.522. The van der Waals surface area contributed by atoms with Crippen LogP contribution in [0.25, 0.3) is 11.0 Å². The Bertz CT molecular complexity index is 1190. The second kappa shape index (κ2) is 8.99. The van der Waals surface area contributed by atoms with E-state index in [9.17, 15) is 24.6 Å². The first-order valence-electron chi connectivity index (χ1n) is 11.5. The molecule has 3 aliphatic heterocycles. The third-order valence-electron chi connectivity index (χ3n) is 7.25. The second-order valence-electron chi connectivity index (χ2n) is 9.18. The fourth-order valence-corrected chi connectivity index (χ4v) is 6.85. The van der Waals surface area contributed by atoms with Gasteiger partial charge in [0.05, 0.1) is 23.5 Å². The summed E-state index contributed by atoms with van der Waals surface area (Å²) in [5.74, 6) is -3.95. The van der Waals surface area contributed by atoms with Crippen LogP contribution in [0.1, 0.15) is 12.8 Å². The fourth-order valence-electron chi connectivity index (χ4n) is 5.90. The van der Waals surface area contributed by atoms with Crippen molar-refractivity contribution in [2.24, 2.45) is 11.8 Å². The number of carboxylic acid groups (broad SMARTS) is 1.